The zero-order valence-electron chi connectivity index (χ0n) is 11.5. The predicted molar refractivity (Wildman–Crippen MR) is 89.2 cm³/mol. The minimum absolute atomic E-state index is 0.352. The Bertz CT molecular complexity index is 848. The molecule has 1 heterocycles. The molecule has 0 atom stereocenters. The molecule has 0 aliphatic carbocycles. The molecule has 2 aromatic carbocycles. The third kappa shape index (κ3) is 2.93. The molecule has 22 heavy (non-hydrogen) atoms. The number of para-hydroxylation sites is 1. The van der Waals surface area contributed by atoms with Crippen LogP contribution in [0, 0.1) is 5.82 Å². The molecule has 0 saturated heterocycles. The summed E-state index contributed by atoms with van der Waals surface area (Å²) in [5, 5.41) is 4.07. The smallest absolute Gasteiger partial charge is 0.264 e. The van der Waals surface area contributed by atoms with Gasteiger partial charge in [0.15, 0.2) is 0 Å². The molecule has 3 rings (SSSR count). The maximum Gasteiger partial charge on any atom is 0.264 e. The van der Waals surface area contributed by atoms with E-state index in [2.05, 4.69) is 4.72 Å². The van der Waals surface area contributed by atoms with E-state index in [4.69, 9.17) is 0 Å². The van der Waals surface area contributed by atoms with Gasteiger partial charge < -0.3 is 0 Å². The number of rotatable bonds is 4. The van der Waals surface area contributed by atoms with Gasteiger partial charge >= 0.3 is 0 Å². The second-order valence-corrected chi connectivity index (χ2v) is 8.19. The Hall–Kier alpha value is -2.05. The van der Waals surface area contributed by atoms with Crippen molar-refractivity contribution in [3.05, 3.63) is 77.3 Å². The molecule has 0 unspecified atom stereocenters. The van der Waals surface area contributed by atoms with Gasteiger partial charge in [-0.1, -0.05) is 36.4 Å². The molecule has 0 spiro atoms. The predicted octanol–water partition coefficient (Wildman–Crippen LogP) is 4.03. The van der Waals surface area contributed by atoms with Crippen molar-refractivity contribution in [3.8, 4) is 0 Å². The molecule has 2 aromatic rings. The third-order valence-corrected chi connectivity index (χ3v) is 6.49. The largest absolute Gasteiger partial charge is 0.278 e. The van der Waals surface area contributed by atoms with Crippen molar-refractivity contribution in [1.82, 2.24) is 0 Å². The molecule has 6 heteroatoms. The lowest BCUT2D eigenvalue weighted by molar-refractivity contribution is 0.570. The summed E-state index contributed by atoms with van der Waals surface area (Å²) in [4.78, 5) is 0.539. The number of allylic oxidation sites excluding steroid dienone is 2. The van der Waals surface area contributed by atoms with Crippen LogP contribution in [0.5, 0.6) is 0 Å². The average molecular weight is 335 g/mol. The highest BCUT2D eigenvalue weighted by molar-refractivity contribution is 8.22. The Morgan fingerprint density at radius 2 is 1.55 bits per heavy atom. The van der Waals surface area contributed by atoms with Crippen molar-refractivity contribution < 1.29 is 12.8 Å². The monoisotopic (exact) mass is 335 g/mol. The summed E-state index contributed by atoms with van der Waals surface area (Å²) >= 11 is 0. The standard InChI is InChI=1S/C16H14FNO2S2/c17-13-7-1-4-10-16(13)22(19,20)18-14-8-2-3-9-15(14)21-11-5-6-12-21/h1-12,18,21H. The van der Waals surface area contributed by atoms with Crippen LogP contribution >= 0.6 is 10.9 Å². The summed E-state index contributed by atoms with van der Waals surface area (Å²) in [6.45, 7) is 0. The molecule has 1 aliphatic heterocycles. The molecule has 114 valence electrons. The molecule has 0 fully saturated rings. The zero-order valence-corrected chi connectivity index (χ0v) is 13.2. The highest BCUT2D eigenvalue weighted by Gasteiger charge is 2.20. The van der Waals surface area contributed by atoms with E-state index in [9.17, 15) is 12.8 Å². The lowest BCUT2D eigenvalue weighted by Gasteiger charge is -2.17. The summed E-state index contributed by atoms with van der Waals surface area (Å²) in [7, 11) is -4.63. The van der Waals surface area contributed by atoms with Crippen LogP contribution in [0.15, 0.2) is 81.3 Å². The lowest BCUT2D eigenvalue weighted by atomic mass is 10.3. The van der Waals surface area contributed by atoms with Crippen LogP contribution in [0.3, 0.4) is 0 Å². The first kappa shape index (κ1) is 14.9. The number of sulfonamides is 1. The number of thiol groups is 1. The zero-order chi connectivity index (χ0) is 15.6. The van der Waals surface area contributed by atoms with Crippen LogP contribution in [0.2, 0.25) is 0 Å². The van der Waals surface area contributed by atoms with E-state index in [1.54, 1.807) is 12.1 Å². The van der Waals surface area contributed by atoms with Crippen molar-refractivity contribution >= 4 is 26.6 Å². The fourth-order valence-corrected chi connectivity index (χ4v) is 5.04. The number of benzene rings is 2. The van der Waals surface area contributed by atoms with E-state index in [1.165, 1.54) is 18.2 Å². The normalized spacial score (nSPS) is 15.2. The molecule has 0 radical (unpaired) electrons. The molecule has 0 saturated carbocycles. The molecule has 3 nitrogen and oxygen atoms in total. The van der Waals surface area contributed by atoms with Gasteiger partial charge in [0.2, 0.25) is 0 Å². The van der Waals surface area contributed by atoms with Crippen molar-refractivity contribution in [2.45, 2.75) is 9.79 Å². The van der Waals surface area contributed by atoms with Crippen LogP contribution in [-0.4, -0.2) is 8.42 Å². The first-order chi connectivity index (χ1) is 10.6. The van der Waals surface area contributed by atoms with Crippen molar-refractivity contribution in [2.24, 2.45) is 0 Å². The maximum absolute atomic E-state index is 13.8. The molecule has 0 bridgehead atoms. The second kappa shape index (κ2) is 5.98. The van der Waals surface area contributed by atoms with Gasteiger partial charge in [0, 0.05) is 4.90 Å². The summed E-state index contributed by atoms with van der Waals surface area (Å²) in [5.41, 5.74) is 0.480. The average Bonchev–Trinajstić information content (AvgIpc) is 3.02. The Morgan fingerprint density at radius 1 is 0.909 bits per heavy atom. The van der Waals surface area contributed by atoms with Crippen LogP contribution in [0.25, 0.3) is 0 Å². The molecule has 0 amide bonds. The lowest BCUT2D eigenvalue weighted by Crippen LogP contribution is -2.15. The number of halogens is 1. The van der Waals surface area contributed by atoms with Gasteiger partial charge in [-0.3, -0.25) is 4.72 Å². The van der Waals surface area contributed by atoms with Gasteiger partial charge in [-0.25, -0.2) is 12.8 Å². The summed E-state index contributed by atoms with van der Waals surface area (Å²) in [6, 6.07) is 12.5. The van der Waals surface area contributed by atoms with Gasteiger partial charge in [-0.15, -0.1) is 0 Å². The molecular formula is C16H14FNO2S2. The summed E-state index contributed by atoms with van der Waals surface area (Å²) in [6.07, 6.45) is 3.88. The molecule has 1 aliphatic rings. The third-order valence-electron chi connectivity index (χ3n) is 3.16. The number of anilines is 1. The van der Waals surface area contributed by atoms with Crippen LogP contribution in [0.4, 0.5) is 10.1 Å². The Morgan fingerprint density at radius 3 is 2.27 bits per heavy atom. The van der Waals surface area contributed by atoms with E-state index >= 15 is 0 Å². The SMILES string of the molecule is O=S(=O)(Nc1ccccc1[SH]1C=CC=C1)c1ccccc1F. The van der Waals surface area contributed by atoms with Crippen LogP contribution in [-0.2, 0) is 10.0 Å². The summed E-state index contributed by atoms with van der Waals surface area (Å²) in [5.74, 6) is -0.765. The van der Waals surface area contributed by atoms with Gasteiger partial charge in [-0.05, 0) is 35.1 Å². The summed E-state index contributed by atoms with van der Waals surface area (Å²) < 4.78 is 41.1. The topological polar surface area (TPSA) is 46.2 Å². The Kier molecular flexibility index (Phi) is 4.04. The second-order valence-electron chi connectivity index (χ2n) is 4.64. The maximum atomic E-state index is 13.8. The van der Waals surface area contributed by atoms with E-state index in [0.717, 1.165) is 11.0 Å². The van der Waals surface area contributed by atoms with Gasteiger partial charge in [0.25, 0.3) is 10.0 Å². The Labute approximate surface area is 131 Å². The van der Waals surface area contributed by atoms with E-state index < -0.39 is 26.7 Å². The fraction of sp³-hybridized carbons (Fsp3) is 0. The van der Waals surface area contributed by atoms with Gasteiger partial charge in [-0.2, -0.15) is 10.9 Å². The molecule has 1 N–H and O–H groups in total. The van der Waals surface area contributed by atoms with Crippen LogP contribution < -0.4 is 4.72 Å². The first-order valence-electron chi connectivity index (χ1n) is 6.58. The minimum Gasteiger partial charge on any atom is -0.278 e. The minimum atomic E-state index is -3.96. The van der Waals surface area contributed by atoms with Gasteiger partial charge in [0.1, 0.15) is 10.7 Å². The van der Waals surface area contributed by atoms with Crippen molar-refractivity contribution in [2.75, 3.05) is 4.72 Å². The van der Waals surface area contributed by atoms with Crippen molar-refractivity contribution in [3.63, 3.8) is 0 Å². The van der Waals surface area contributed by atoms with Crippen molar-refractivity contribution in [1.29, 1.82) is 0 Å². The number of nitrogens with one attached hydrogen (secondary N) is 1. The Balaban J connectivity index is 1.98. The highest BCUT2D eigenvalue weighted by atomic mass is 32.2. The van der Waals surface area contributed by atoms with Gasteiger partial charge in [0.05, 0.1) is 5.69 Å². The highest BCUT2D eigenvalue weighted by Crippen LogP contribution is 2.46. The number of hydrogen-bond donors (Lipinski definition) is 2. The van der Waals surface area contributed by atoms with E-state index in [0.29, 0.717) is 5.69 Å². The molecular weight excluding hydrogens is 321 g/mol. The number of hydrogen-bond acceptors (Lipinski definition) is 2. The van der Waals surface area contributed by atoms with E-state index in [1.807, 2.05) is 35.1 Å². The quantitative estimate of drug-likeness (QED) is 0.829. The fourth-order valence-electron chi connectivity index (χ4n) is 2.14. The van der Waals surface area contributed by atoms with Crippen LogP contribution in [0.1, 0.15) is 0 Å². The van der Waals surface area contributed by atoms with E-state index in [-0.39, 0.29) is 4.90 Å². The molecule has 0 aromatic heterocycles. The first-order valence-corrected chi connectivity index (χ1v) is 9.54.